The van der Waals surface area contributed by atoms with Crippen molar-refractivity contribution in [1.29, 1.82) is 0 Å². The number of aromatic nitrogens is 1. The molecule has 1 aliphatic rings. The van der Waals surface area contributed by atoms with Gasteiger partial charge in [-0.05, 0) is 37.4 Å². The fraction of sp³-hybridized carbons (Fsp3) is 0.357. The molecule has 5 nitrogen and oxygen atoms in total. The van der Waals surface area contributed by atoms with Crippen molar-refractivity contribution in [3.8, 4) is 11.5 Å². The number of rotatable bonds is 3. The lowest BCUT2D eigenvalue weighted by molar-refractivity contribution is 0.174. The van der Waals surface area contributed by atoms with Crippen molar-refractivity contribution < 1.29 is 9.47 Å². The second-order valence-electron chi connectivity index (χ2n) is 5.43. The van der Waals surface area contributed by atoms with Gasteiger partial charge in [-0.1, -0.05) is 0 Å². The van der Waals surface area contributed by atoms with Crippen molar-refractivity contribution >= 4 is 16.6 Å². The summed E-state index contributed by atoms with van der Waals surface area (Å²) in [6.45, 7) is 4.87. The Morgan fingerprint density at radius 1 is 1.32 bits per heavy atom. The molecule has 19 heavy (non-hydrogen) atoms. The van der Waals surface area contributed by atoms with Gasteiger partial charge in [0.25, 0.3) is 0 Å². The maximum absolute atomic E-state index is 5.98. The maximum Gasteiger partial charge on any atom is 0.231 e. The average molecular weight is 259 g/mol. The third kappa shape index (κ3) is 2.42. The molecule has 2 aromatic rings. The van der Waals surface area contributed by atoms with Gasteiger partial charge in [0.2, 0.25) is 6.79 Å². The first-order chi connectivity index (χ1) is 9.03. The minimum atomic E-state index is -0.291. The summed E-state index contributed by atoms with van der Waals surface area (Å²) < 4.78 is 10.8. The summed E-state index contributed by atoms with van der Waals surface area (Å²) in [5, 5.41) is 5.36. The molecule has 0 bridgehead atoms. The largest absolute Gasteiger partial charge is 0.454 e. The van der Waals surface area contributed by atoms with Crippen LogP contribution in [0.3, 0.4) is 0 Å². The van der Waals surface area contributed by atoms with E-state index in [0.29, 0.717) is 6.54 Å². The molecule has 0 saturated heterocycles. The number of nitrogens with zero attached hydrogens (tertiary/aromatic N) is 1. The molecule has 3 rings (SSSR count). The highest BCUT2D eigenvalue weighted by atomic mass is 16.7. The van der Waals surface area contributed by atoms with E-state index >= 15 is 0 Å². The maximum atomic E-state index is 5.98. The SMILES string of the molecule is CC(C)(N)CNc1nccc2cc3c(cc12)OCO3. The highest BCUT2D eigenvalue weighted by Gasteiger charge is 2.17. The Bertz CT molecular complexity index is 620. The first-order valence-corrected chi connectivity index (χ1v) is 6.24. The number of fused-ring (bicyclic) bond motifs is 2. The van der Waals surface area contributed by atoms with Crippen molar-refractivity contribution in [2.24, 2.45) is 5.73 Å². The summed E-state index contributed by atoms with van der Waals surface area (Å²) in [5.74, 6) is 2.36. The van der Waals surface area contributed by atoms with E-state index in [-0.39, 0.29) is 12.3 Å². The van der Waals surface area contributed by atoms with E-state index in [0.717, 1.165) is 28.1 Å². The third-order valence-corrected chi connectivity index (χ3v) is 2.97. The molecular formula is C14H17N3O2. The van der Waals surface area contributed by atoms with Crippen LogP contribution in [0.1, 0.15) is 13.8 Å². The number of pyridine rings is 1. The second kappa shape index (κ2) is 4.28. The van der Waals surface area contributed by atoms with Gasteiger partial charge in [-0.2, -0.15) is 0 Å². The number of hydrogen-bond acceptors (Lipinski definition) is 5. The smallest absolute Gasteiger partial charge is 0.231 e. The Morgan fingerprint density at radius 2 is 2.05 bits per heavy atom. The Hall–Kier alpha value is -2.01. The van der Waals surface area contributed by atoms with Crippen LogP contribution in [0.4, 0.5) is 5.82 Å². The van der Waals surface area contributed by atoms with E-state index in [2.05, 4.69) is 10.3 Å². The van der Waals surface area contributed by atoms with Gasteiger partial charge in [0.05, 0.1) is 0 Å². The quantitative estimate of drug-likeness (QED) is 0.883. The van der Waals surface area contributed by atoms with Crippen molar-refractivity contribution in [2.75, 3.05) is 18.7 Å². The summed E-state index contributed by atoms with van der Waals surface area (Å²) in [4.78, 5) is 4.37. The fourth-order valence-corrected chi connectivity index (χ4v) is 2.01. The van der Waals surface area contributed by atoms with Gasteiger partial charge in [-0.3, -0.25) is 0 Å². The van der Waals surface area contributed by atoms with Crippen molar-refractivity contribution in [3.63, 3.8) is 0 Å². The molecule has 1 aliphatic heterocycles. The van der Waals surface area contributed by atoms with E-state index in [4.69, 9.17) is 15.2 Å². The number of nitrogens with one attached hydrogen (secondary N) is 1. The predicted molar refractivity (Wildman–Crippen MR) is 74.6 cm³/mol. The van der Waals surface area contributed by atoms with Crippen LogP contribution in [0.15, 0.2) is 24.4 Å². The molecular weight excluding hydrogens is 242 g/mol. The van der Waals surface area contributed by atoms with Gasteiger partial charge >= 0.3 is 0 Å². The number of nitrogens with two attached hydrogens (primary N) is 1. The second-order valence-corrected chi connectivity index (χ2v) is 5.43. The third-order valence-electron chi connectivity index (χ3n) is 2.97. The summed E-state index contributed by atoms with van der Waals surface area (Å²) >= 11 is 0. The Morgan fingerprint density at radius 3 is 2.79 bits per heavy atom. The molecule has 0 amide bonds. The summed E-state index contributed by atoms with van der Waals surface area (Å²) in [6.07, 6.45) is 1.77. The van der Waals surface area contributed by atoms with Crippen LogP contribution in [0, 0.1) is 0 Å². The molecule has 0 spiro atoms. The molecule has 100 valence electrons. The topological polar surface area (TPSA) is 69.4 Å². The minimum absolute atomic E-state index is 0.275. The molecule has 0 atom stereocenters. The molecule has 1 aromatic carbocycles. The van der Waals surface area contributed by atoms with Crippen LogP contribution in [-0.2, 0) is 0 Å². The van der Waals surface area contributed by atoms with Crippen molar-refractivity contribution in [3.05, 3.63) is 24.4 Å². The number of hydrogen-bond donors (Lipinski definition) is 2. The first-order valence-electron chi connectivity index (χ1n) is 6.24. The van der Waals surface area contributed by atoms with Gasteiger partial charge in [0.1, 0.15) is 5.82 Å². The lowest BCUT2D eigenvalue weighted by atomic mass is 10.1. The lowest BCUT2D eigenvalue weighted by Crippen LogP contribution is -2.39. The zero-order chi connectivity index (χ0) is 13.5. The van der Waals surface area contributed by atoms with Crippen molar-refractivity contribution in [2.45, 2.75) is 19.4 Å². The van der Waals surface area contributed by atoms with E-state index < -0.39 is 0 Å². The molecule has 0 unspecified atom stereocenters. The normalized spacial score (nSPS) is 13.8. The van der Waals surface area contributed by atoms with E-state index in [1.165, 1.54) is 0 Å². The van der Waals surface area contributed by atoms with Crippen LogP contribution in [0.25, 0.3) is 10.8 Å². The summed E-state index contributed by atoms with van der Waals surface area (Å²) in [6, 6.07) is 5.88. The lowest BCUT2D eigenvalue weighted by Gasteiger charge is -2.20. The summed E-state index contributed by atoms with van der Waals surface area (Å²) in [7, 11) is 0. The number of anilines is 1. The van der Waals surface area contributed by atoms with Gasteiger partial charge in [0, 0.05) is 23.7 Å². The zero-order valence-electron chi connectivity index (χ0n) is 11.1. The molecule has 0 fully saturated rings. The molecule has 0 radical (unpaired) electrons. The van der Waals surface area contributed by atoms with Crippen LogP contribution < -0.4 is 20.5 Å². The molecule has 1 aromatic heterocycles. The molecule has 2 heterocycles. The zero-order valence-corrected chi connectivity index (χ0v) is 11.1. The average Bonchev–Trinajstić information content (AvgIpc) is 2.79. The monoisotopic (exact) mass is 259 g/mol. The standard InChI is InChI=1S/C14H17N3O2/c1-14(2,15)7-17-13-10-6-12-11(18-8-19-12)5-9(10)3-4-16-13/h3-6H,7-8,15H2,1-2H3,(H,16,17). The number of ether oxygens (including phenoxy) is 2. The van der Waals surface area contributed by atoms with E-state index in [1.807, 2.05) is 32.0 Å². The fourth-order valence-electron chi connectivity index (χ4n) is 2.01. The Balaban J connectivity index is 2.00. The first kappa shape index (κ1) is 12.0. The van der Waals surface area contributed by atoms with Crippen LogP contribution in [0.2, 0.25) is 0 Å². The number of benzene rings is 1. The van der Waals surface area contributed by atoms with Gasteiger partial charge < -0.3 is 20.5 Å². The molecule has 0 saturated carbocycles. The Kier molecular flexibility index (Phi) is 2.71. The molecule has 3 N–H and O–H groups in total. The predicted octanol–water partition coefficient (Wildman–Crippen LogP) is 2.11. The van der Waals surface area contributed by atoms with Gasteiger partial charge in [-0.15, -0.1) is 0 Å². The molecule has 0 aliphatic carbocycles. The van der Waals surface area contributed by atoms with Crippen LogP contribution in [0.5, 0.6) is 11.5 Å². The highest BCUT2D eigenvalue weighted by Crippen LogP contribution is 2.37. The Labute approximate surface area is 111 Å². The minimum Gasteiger partial charge on any atom is -0.454 e. The highest BCUT2D eigenvalue weighted by molar-refractivity contribution is 5.94. The van der Waals surface area contributed by atoms with Gasteiger partial charge in [0.15, 0.2) is 11.5 Å². The van der Waals surface area contributed by atoms with E-state index in [9.17, 15) is 0 Å². The molecule has 5 heteroatoms. The van der Waals surface area contributed by atoms with Crippen LogP contribution >= 0.6 is 0 Å². The van der Waals surface area contributed by atoms with Gasteiger partial charge in [-0.25, -0.2) is 4.98 Å². The van der Waals surface area contributed by atoms with E-state index in [1.54, 1.807) is 6.20 Å². The van der Waals surface area contributed by atoms with Crippen molar-refractivity contribution in [1.82, 2.24) is 4.98 Å². The van der Waals surface area contributed by atoms with Crippen LogP contribution in [-0.4, -0.2) is 23.9 Å². The summed E-state index contributed by atoms with van der Waals surface area (Å²) in [5.41, 5.74) is 5.69.